The number of benzene rings is 2. The Morgan fingerprint density at radius 2 is 1.73 bits per heavy atom. The molecule has 10 heteroatoms. The molecule has 1 N–H and O–H groups in total. The number of carbonyl (C=O) groups excluding carboxylic acids is 4. The molecular formula is C23H20N4O6. The van der Waals surface area contributed by atoms with Gasteiger partial charge in [-0.2, -0.15) is 0 Å². The number of rotatable bonds is 6. The molecule has 1 aliphatic heterocycles. The van der Waals surface area contributed by atoms with E-state index in [-0.39, 0.29) is 29.5 Å². The second-order valence-corrected chi connectivity index (χ2v) is 7.55. The molecule has 0 saturated heterocycles. The van der Waals surface area contributed by atoms with Crippen molar-refractivity contribution in [3.63, 3.8) is 0 Å². The zero-order valence-electron chi connectivity index (χ0n) is 18.0. The summed E-state index contributed by atoms with van der Waals surface area (Å²) in [5, 5.41) is 3.02. The first-order chi connectivity index (χ1) is 15.8. The van der Waals surface area contributed by atoms with Crippen LogP contribution in [0.5, 0.6) is 0 Å². The van der Waals surface area contributed by atoms with E-state index in [0.717, 1.165) is 4.90 Å². The van der Waals surface area contributed by atoms with Crippen LogP contribution in [0.3, 0.4) is 0 Å². The van der Waals surface area contributed by atoms with E-state index in [1.807, 2.05) is 0 Å². The number of hydrogen-bond donors (Lipinski definition) is 1. The van der Waals surface area contributed by atoms with Crippen LogP contribution >= 0.6 is 0 Å². The van der Waals surface area contributed by atoms with Gasteiger partial charge in [0.2, 0.25) is 0 Å². The van der Waals surface area contributed by atoms with E-state index in [2.05, 4.69) is 10.3 Å². The Kier molecular flexibility index (Phi) is 5.74. The van der Waals surface area contributed by atoms with Crippen LogP contribution in [0.4, 0.5) is 5.69 Å². The van der Waals surface area contributed by atoms with Crippen LogP contribution in [0.15, 0.2) is 47.3 Å². The third-order valence-electron chi connectivity index (χ3n) is 5.37. The Morgan fingerprint density at radius 1 is 1.00 bits per heavy atom. The van der Waals surface area contributed by atoms with Crippen molar-refractivity contribution in [1.82, 2.24) is 14.5 Å². The summed E-state index contributed by atoms with van der Waals surface area (Å²) >= 11 is 0. The molecular weight excluding hydrogens is 428 g/mol. The van der Waals surface area contributed by atoms with Crippen molar-refractivity contribution in [3.8, 4) is 0 Å². The normalized spacial score (nSPS) is 12.7. The standard InChI is InChI=1S/C23H20N4O6/c1-26-18(25-17-6-4-3-5-15(17)22(26)31)9-10-20(29)33-12-19(28)24-13-7-8-14-16(11-13)23(32)27(2)21(14)30/h3-8,11H,9-10,12H2,1-2H3,(H,24,28). The number of hydrogen-bond acceptors (Lipinski definition) is 7. The lowest BCUT2D eigenvalue weighted by molar-refractivity contribution is -0.147. The molecule has 4 rings (SSSR count). The summed E-state index contributed by atoms with van der Waals surface area (Å²) in [5.74, 6) is -1.63. The number of aryl methyl sites for hydroxylation is 1. The molecule has 0 atom stereocenters. The molecule has 0 unspecified atom stereocenters. The van der Waals surface area contributed by atoms with Crippen molar-refractivity contribution in [2.45, 2.75) is 12.8 Å². The molecule has 10 nitrogen and oxygen atoms in total. The highest BCUT2D eigenvalue weighted by atomic mass is 16.5. The van der Waals surface area contributed by atoms with Crippen molar-refractivity contribution in [2.24, 2.45) is 7.05 Å². The molecule has 0 fully saturated rings. The van der Waals surface area contributed by atoms with E-state index in [1.54, 1.807) is 31.3 Å². The lowest BCUT2D eigenvalue weighted by Gasteiger charge is -2.10. The van der Waals surface area contributed by atoms with Gasteiger partial charge in [-0.1, -0.05) is 12.1 Å². The van der Waals surface area contributed by atoms with Gasteiger partial charge < -0.3 is 10.1 Å². The predicted octanol–water partition coefficient (Wildman–Crippen LogP) is 1.27. The lowest BCUT2D eigenvalue weighted by atomic mass is 10.1. The van der Waals surface area contributed by atoms with Crippen LogP contribution < -0.4 is 10.9 Å². The average molecular weight is 448 g/mol. The highest BCUT2D eigenvalue weighted by Gasteiger charge is 2.32. The monoisotopic (exact) mass is 448 g/mol. The number of para-hydroxylation sites is 1. The third kappa shape index (κ3) is 4.22. The summed E-state index contributed by atoms with van der Waals surface area (Å²) < 4.78 is 6.40. The Hall–Kier alpha value is -4.34. The average Bonchev–Trinajstić information content (AvgIpc) is 3.02. The number of imide groups is 1. The van der Waals surface area contributed by atoms with Gasteiger partial charge in [0.1, 0.15) is 5.82 Å². The fourth-order valence-electron chi connectivity index (χ4n) is 3.56. The third-order valence-corrected chi connectivity index (χ3v) is 5.37. The lowest BCUT2D eigenvalue weighted by Crippen LogP contribution is -2.24. The first kappa shape index (κ1) is 21.9. The molecule has 3 amide bonds. The van der Waals surface area contributed by atoms with E-state index >= 15 is 0 Å². The van der Waals surface area contributed by atoms with Crippen molar-refractivity contribution >= 4 is 40.3 Å². The minimum Gasteiger partial charge on any atom is -0.456 e. The number of carbonyl (C=O) groups is 4. The van der Waals surface area contributed by atoms with Crippen LogP contribution in [0.1, 0.15) is 33.0 Å². The largest absolute Gasteiger partial charge is 0.456 e. The molecule has 1 aromatic heterocycles. The number of nitrogens with one attached hydrogen (secondary N) is 1. The van der Waals surface area contributed by atoms with Crippen molar-refractivity contribution in [3.05, 3.63) is 69.8 Å². The minimum atomic E-state index is -0.621. The maximum atomic E-state index is 12.4. The Balaban J connectivity index is 1.32. The van der Waals surface area contributed by atoms with Crippen molar-refractivity contribution in [1.29, 1.82) is 0 Å². The molecule has 0 aliphatic carbocycles. The zero-order valence-corrected chi connectivity index (χ0v) is 18.0. The Bertz CT molecular complexity index is 1380. The van der Waals surface area contributed by atoms with E-state index in [9.17, 15) is 24.0 Å². The van der Waals surface area contributed by atoms with Gasteiger partial charge in [0.15, 0.2) is 6.61 Å². The fraction of sp³-hybridized carbons (Fsp3) is 0.217. The topological polar surface area (TPSA) is 128 Å². The fourth-order valence-corrected chi connectivity index (χ4v) is 3.56. The quantitative estimate of drug-likeness (QED) is 0.444. The van der Waals surface area contributed by atoms with E-state index in [4.69, 9.17) is 4.74 Å². The maximum Gasteiger partial charge on any atom is 0.306 e. The number of ether oxygens (including phenoxy) is 1. The molecule has 33 heavy (non-hydrogen) atoms. The molecule has 0 radical (unpaired) electrons. The number of esters is 1. The predicted molar refractivity (Wildman–Crippen MR) is 118 cm³/mol. The van der Waals surface area contributed by atoms with Gasteiger partial charge >= 0.3 is 5.97 Å². The SMILES string of the molecule is CN1C(=O)c2ccc(NC(=O)COC(=O)CCc3nc4ccccc4c(=O)n3C)cc2C1=O. The number of fused-ring (bicyclic) bond motifs is 2. The maximum absolute atomic E-state index is 12.4. The van der Waals surface area contributed by atoms with E-state index in [1.165, 1.54) is 29.8 Å². The summed E-state index contributed by atoms with van der Waals surface area (Å²) in [7, 11) is 2.97. The van der Waals surface area contributed by atoms with Crippen LogP contribution in [0, 0.1) is 0 Å². The second kappa shape index (κ2) is 8.65. The van der Waals surface area contributed by atoms with Crippen LogP contribution in [-0.2, 0) is 27.8 Å². The Morgan fingerprint density at radius 3 is 2.52 bits per heavy atom. The summed E-state index contributed by atoms with van der Waals surface area (Å²) in [4.78, 5) is 66.1. The number of amides is 3. The van der Waals surface area contributed by atoms with E-state index < -0.39 is 30.3 Å². The minimum absolute atomic E-state index is 0.0618. The smallest absolute Gasteiger partial charge is 0.306 e. The summed E-state index contributed by atoms with van der Waals surface area (Å²) in [6.07, 6.45) is 0.110. The Labute approximate surface area is 187 Å². The molecule has 2 heterocycles. The summed E-state index contributed by atoms with van der Waals surface area (Å²) in [5.41, 5.74) is 1.11. The first-order valence-corrected chi connectivity index (χ1v) is 10.1. The van der Waals surface area contributed by atoms with Gasteiger partial charge in [0, 0.05) is 26.2 Å². The molecule has 0 saturated carbocycles. The van der Waals surface area contributed by atoms with Crippen LogP contribution in [0.2, 0.25) is 0 Å². The molecule has 2 aromatic carbocycles. The number of anilines is 1. The molecule has 168 valence electrons. The van der Waals surface area contributed by atoms with E-state index in [0.29, 0.717) is 22.4 Å². The molecule has 0 spiro atoms. The van der Waals surface area contributed by atoms with Gasteiger partial charge in [-0.25, -0.2) is 4.98 Å². The van der Waals surface area contributed by atoms with Crippen LogP contribution in [-0.4, -0.2) is 51.8 Å². The molecule has 3 aromatic rings. The zero-order chi connectivity index (χ0) is 23.7. The molecule has 1 aliphatic rings. The van der Waals surface area contributed by atoms with Gasteiger partial charge in [0.25, 0.3) is 23.3 Å². The van der Waals surface area contributed by atoms with Gasteiger partial charge in [-0.15, -0.1) is 0 Å². The number of nitrogens with zero attached hydrogens (tertiary/aromatic N) is 3. The van der Waals surface area contributed by atoms with Gasteiger partial charge in [-0.3, -0.25) is 33.4 Å². The summed E-state index contributed by atoms with van der Waals surface area (Å²) in [6.45, 7) is -0.521. The highest BCUT2D eigenvalue weighted by Crippen LogP contribution is 2.24. The molecule has 0 bridgehead atoms. The second-order valence-electron chi connectivity index (χ2n) is 7.55. The summed E-state index contributed by atoms with van der Waals surface area (Å²) in [6, 6.07) is 11.3. The van der Waals surface area contributed by atoms with Gasteiger partial charge in [0.05, 0.1) is 28.5 Å². The highest BCUT2D eigenvalue weighted by molar-refractivity contribution is 6.21. The van der Waals surface area contributed by atoms with Gasteiger partial charge in [-0.05, 0) is 30.3 Å². The van der Waals surface area contributed by atoms with Crippen molar-refractivity contribution < 1.29 is 23.9 Å². The van der Waals surface area contributed by atoms with Crippen molar-refractivity contribution in [2.75, 3.05) is 19.0 Å². The first-order valence-electron chi connectivity index (χ1n) is 10.1. The number of aromatic nitrogens is 2. The van der Waals surface area contributed by atoms with Crippen LogP contribution in [0.25, 0.3) is 10.9 Å².